The van der Waals surface area contributed by atoms with Gasteiger partial charge in [0.1, 0.15) is 0 Å². The maximum absolute atomic E-state index is 13.3. The number of hydrogen-bond acceptors (Lipinski definition) is 1. The fourth-order valence-corrected chi connectivity index (χ4v) is 3.62. The van der Waals surface area contributed by atoms with Crippen molar-refractivity contribution in [1.29, 1.82) is 0 Å². The Bertz CT molecular complexity index is 993. The lowest BCUT2D eigenvalue weighted by atomic mass is 10.0. The van der Waals surface area contributed by atoms with Gasteiger partial charge in [-0.2, -0.15) is 0 Å². The molecule has 0 N–H and O–H groups in total. The zero-order valence-corrected chi connectivity index (χ0v) is 16.5. The van der Waals surface area contributed by atoms with Gasteiger partial charge >= 0.3 is 0 Å². The molecule has 0 radical (unpaired) electrons. The molecule has 1 heterocycles. The SMILES string of the molecule is C=CCCCc1ccc(-c2ccc(Cl)cc2Cl)c(=O)n1Cc1ccccc1. The Morgan fingerprint density at radius 1 is 0.963 bits per heavy atom. The van der Waals surface area contributed by atoms with Crippen LogP contribution in [0.1, 0.15) is 24.1 Å². The lowest BCUT2D eigenvalue weighted by Crippen LogP contribution is -2.25. The maximum Gasteiger partial charge on any atom is 0.258 e. The van der Waals surface area contributed by atoms with Gasteiger partial charge in [0.05, 0.1) is 11.6 Å². The fourth-order valence-electron chi connectivity index (χ4n) is 3.11. The lowest BCUT2D eigenvalue weighted by molar-refractivity contribution is 0.678. The number of rotatable bonds is 7. The van der Waals surface area contributed by atoms with Crippen LogP contribution in [0.3, 0.4) is 0 Å². The molecule has 2 nitrogen and oxygen atoms in total. The molecule has 0 saturated heterocycles. The number of pyridine rings is 1. The highest BCUT2D eigenvalue weighted by Crippen LogP contribution is 2.28. The Hall–Kier alpha value is -2.29. The van der Waals surface area contributed by atoms with E-state index in [-0.39, 0.29) is 5.56 Å². The van der Waals surface area contributed by atoms with Crippen molar-refractivity contribution in [2.24, 2.45) is 0 Å². The van der Waals surface area contributed by atoms with Crippen LogP contribution in [-0.2, 0) is 13.0 Å². The van der Waals surface area contributed by atoms with Gasteiger partial charge in [-0.05, 0) is 49.1 Å². The largest absolute Gasteiger partial charge is 0.308 e. The fraction of sp³-hybridized carbons (Fsp3) is 0.174. The number of allylic oxidation sites excluding steroid dienone is 1. The van der Waals surface area contributed by atoms with E-state index in [1.54, 1.807) is 18.2 Å². The zero-order chi connectivity index (χ0) is 19.2. The molecule has 3 rings (SSSR count). The number of benzene rings is 2. The summed E-state index contributed by atoms with van der Waals surface area (Å²) in [5.41, 5.74) is 3.34. The summed E-state index contributed by atoms with van der Waals surface area (Å²) in [5.74, 6) is 0. The second-order valence-electron chi connectivity index (χ2n) is 6.42. The van der Waals surface area contributed by atoms with Crippen LogP contribution in [0.15, 0.2) is 78.1 Å². The number of halogens is 2. The predicted octanol–water partition coefficient (Wildman–Crippen LogP) is 6.38. The molecule has 0 unspecified atom stereocenters. The highest BCUT2D eigenvalue weighted by molar-refractivity contribution is 6.36. The Labute approximate surface area is 169 Å². The molecule has 2 aromatic carbocycles. The molecule has 0 amide bonds. The van der Waals surface area contributed by atoms with Gasteiger partial charge in [-0.15, -0.1) is 6.58 Å². The molecule has 0 aliphatic carbocycles. The van der Waals surface area contributed by atoms with Gasteiger partial charge in [0.15, 0.2) is 0 Å². The number of unbranched alkanes of at least 4 members (excludes halogenated alkanes) is 1. The first-order chi connectivity index (χ1) is 13.1. The highest BCUT2D eigenvalue weighted by Gasteiger charge is 2.13. The Morgan fingerprint density at radius 3 is 2.41 bits per heavy atom. The van der Waals surface area contributed by atoms with Crippen LogP contribution in [0, 0.1) is 0 Å². The molecule has 0 fully saturated rings. The maximum atomic E-state index is 13.3. The van der Waals surface area contributed by atoms with Gasteiger partial charge in [0.25, 0.3) is 5.56 Å². The Balaban J connectivity index is 2.07. The first kappa shape index (κ1) is 19.5. The molecule has 1 aromatic heterocycles. The molecular formula is C23H21Cl2NO. The van der Waals surface area contributed by atoms with Crippen LogP contribution in [0.4, 0.5) is 0 Å². The molecule has 0 spiro atoms. The molecule has 27 heavy (non-hydrogen) atoms. The van der Waals surface area contributed by atoms with Crippen molar-refractivity contribution in [1.82, 2.24) is 4.57 Å². The highest BCUT2D eigenvalue weighted by atomic mass is 35.5. The standard InChI is InChI=1S/C23H21Cl2NO/c1-2-3-5-10-19-12-14-21(20-13-11-18(24)15-22(20)25)23(27)26(19)16-17-8-6-4-7-9-17/h2,4,6-9,11-15H,1,3,5,10,16H2. The average Bonchev–Trinajstić information content (AvgIpc) is 2.66. The second kappa shape index (κ2) is 9.07. The van der Waals surface area contributed by atoms with Crippen molar-refractivity contribution in [3.05, 3.63) is 105 Å². The average molecular weight is 398 g/mol. The minimum Gasteiger partial charge on any atom is -0.308 e. The number of hydrogen-bond donors (Lipinski definition) is 0. The topological polar surface area (TPSA) is 22.0 Å². The molecule has 0 bridgehead atoms. The summed E-state index contributed by atoms with van der Waals surface area (Å²) < 4.78 is 1.85. The van der Waals surface area contributed by atoms with Gasteiger partial charge in [0, 0.05) is 21.8 Å². The van der Waals surface area contributed by atoms with Gasteiger partial charge < -0.3 is 4.57 Å². The summed E-state index contributed by atoms with van der Waals surface area (Å²) in [4.78, 5) is 13.3. The molecule has 0 atom stereocenters. The van der Waals surface area contributed by atoms with Crippen molar-refractivity contribution in [2.45, 2.75) is 25.8 Å². The van der Waals surface area contributed by atoms with E-state index < -0.39 is 0 Å². The molecule has 4 heteroatoms. The smallest absolute Gasteiger partial charge is 0.258 e. The van der Waals surface area contributed by atoms with Crippen molar-refractivity contribution in [3.8, 4) is 11.1 Å². The minimum absolute atomic E-state index is 0.0424. The van der Waals surface area contributed by atoms with Crippen molar-refractivity contribution < 1.29 is 0 Å². The van der Waals surface area contributed by atoms with Crippen molar-refractivity contribution in [3.63, 3.8) is 0 Å². The summed E-state index contributed by atoms with van der Waals surface area (Å²) in [7, 11) is 0. The first-order valence-corrected chi connectivity index (χ1v) is 9.68. The normalized spacial score (nSPS) is 10.7. The van der Waals surface area contributed by atoms with Gasteiger partial charge in [-0.25, -0.2) is 0 Å². The van der Waals surface area contributed by atoms with E-state index >= 15 is 0 Å². The van der Waals surface area contributed by atoms with Crippen molar-refractivity contribution >= 4 is 23.2 Å². The van der Waals surface area contributed by atoms with E-state index in [1.165, 1.54) is 0 Å². The van der Waals surface area contributed by atoms with E-state index in [0.29, 0.717) is 27.7 Å². The summed E-state index contributed by atoms with van der Waals surface area (Å²) in [6, 6.07) is 19.1. The predicted molar refractivity (Wildman–Crippen MR) is 115 cm³/mol. The Kier molecular flexibility index (Phi) is 6.54. The van der Waals surface area contributed by atoms with E-state index in [0.717, 1.165) is 30.5 Å². The minimum atomic E-state index is -0.0424. The van der Waals surface area contributed by atoms with Crippen molar-refractivity contribution in [2.75, 3.05) is 0 Å². The van der Waals surface area contributed by atoms with Gasteiger partial charge in [0.2, 0.25) is 0 Å². The number of nitrogens with zero attached hydrogens (tertiary/aromatic N) is 1. The summed E-state index contributed by atoms with van der Waals surface area (Å²) in [6.07, 6.45) is 4.60. The number of aryl methyl sites for hydroxylation is 1. The third-order valence-electron chi connectivity index (χ3n) is 4.51. The third kappa shape index (κ3) is 4.71. The monoisotopic (exact) mass is 397 g/mol. The Morgan fingerprint density at radius 2 is 1.70 bits per heavy atom. The van der Waals surface area contributed by atoms with Crippen LogP contribution in [0.5, 0.6) is 0 Å². The van der Waals surface area contributed by atoms with Crippen LogP contribution in [0.2, 0.25) is 10.0 Å². The molecular weight excluding hydrogens is 377 g/mol. The third-order valence-corrected chi connectivity index (χ3v) is 5.06. The number of aromatic nitrogens is 1. The molecule has 138 valence electrons. The lowest BCUT2D eigenvalue weighted by Gasteiger charge is -2.15. The summed E-state index contributed by atoms with van der Waals surface area (Å²) in [5, 5.41) is 1.03. The molecule has 3 aromatic rings. The van der Waals surface area contributed by atoms with Crippen LogP contribution in [-0.4, -0.2) is 4.57 Å². The summed E-state index contributed by atoms with van der Waals surface area (Å²) >= 11 is 12.4. The van der Waals surface area contributed by atoms with Gasteiger partial charge in [-0.3, -0.25) is 4.79 Å². The van der Waals surface area contributed by atoms with E-state index in [1.807, 2.05) is 53.1 Å². The molecule has 0 aliphatic heterocycles. The van der Waals surface area contributed by atoms with E-state index in [4.69, 9.17) is 23.2 Å². The molecule has 0 saturated carbocycles. The van der Waals surface area contributed by atoms with E-state index in [9.17, 15) is 4.79 Å². The molecule has 0 aliphatic rings. The van der Waals surface area contributed by atoms with Crippen LogP contribution in [0.25, 0.3) is 11.1 Å². The summed E-state index contributed by atoms with van der Waals surface area (Å²) in [6.45, 7) is 4.31. The van der Waals surface area contributed by atoms with Gasteiger partial charge in [-0.1, -0.05) is 65.7 Å². The second-order valence-corrected chi connectivity index (χ2v) is 7.26. The van der Waals surface area contributed by atoms with Crippen LogP contribution >= 0.6 is 23.2 Å². The quantitative estimate of drug-likeness (QED) is 0.334. The first-order valence-electron chi connectivity index (χ1n) is 8.93. The van der Waals surface area contributed by atoms with Crippen LogP contribution < -0.4 is 5.56 Å². The van der Waals surface area contributed by atoms with E-state index in [2.05, 4.69) is 6.58 Å². The zero-order valence-electron chi connectivity index (χ0n) is 15.0.